The first-order chi connectivity index (χ1) is 15.1. The van der Waals surface area contributed by atoms with E-state index in [1.807, 2.05) is 48.2 Å². The third-order valence-corrected chi connectivity index (χ3v) is 6.35. The van der Waals surface area contributed by atoms with Gasteiger partial charge in [-0.1, -0.05) is 23.8 Å². The molecule has 0 saturated carbocycles. The summed E-state index contributed by atoms with van der Waals surface area (Å²) in [6.07, 6.45) is 0.296. The number of hydrogen-bond acceptors (Lipinski definition) is 5. The van der Waals surface area contributed by atoms with Crippen molar-refractivity contribution in [2.75, 3.05) is 44.4 Å². The van der Waals surface area contributed by atoms with Crippen LogP contribution >= 0.6 is 0 Å². The Morgan fingerprint density at radius 3 is 2.52 bits per heavy atom. The van der Waals surface area contributed by atoms with Gasteiger partial charge in [-0.05, 0) is 36.8 Å². The standard InChI is InChI=1S/C24H27N3O4/c1-17-2-5-20(6-3-17)27-15-19(13-23(27)28)24(29)26-10-8-25(9-11-26)14-18-4-7-21-22(12-18)31-16-30-21/h2-7,12,19H,8-11,13-16H2,1H3/t19-/m0/s1. The summed E-state index contributed by atoms with van der Waals surface area (Å²) in [5.41, 5.74) is 3.21. The second-order valence-electron chi connectivity index (χ2n) is 8.53. The molecule has 2 aromatic rings. The van der Waals surface area contributed by atoms with Gasteiger partial charge in [0.05, 0.1) is 5.92 Å². The van der Waals surface area contributed by atoms with Crippen LogP contribution in [0.2, 0.25) is 0 Å². The number of benzene rings is 2. The zero-order chi connectivity index (χ0) is 21.4. The summed E-state index contributed by atoms with van der Waals surface area (Å²) >= 11 is 0. The van der Waals surface area contributed by atoms with E-state index in [0.717, 1.165) is 42.4 Å². The fourth-order valence-electron chi connectivity index (χ4n) is 4.53. The number of fused-ring (bicyclic) bond motifs is 1. The number of ether oxygens (including phenoxy) is 2. The second-order valence-corrected chi connectivity index (χ2v) is 8.53. The molecule has 3 aliphatic rings. The zero-order valence-electron chi connectivity index (χ0n) is 17.8. The van der Waals surface area contributed by atoms with E-state index >= 15 is 0 Å². The predicted molar refractivity (Wildman–Crippen MR) is 116 cm³/mol. The molecular formula is C24H27N3O4. The second kappa shape index (κ2) is 8.23. The highest BCUT2D eigenvalue weighted by atomic mass is 16.7. The molecule has 0 radical (unpaired) electrons. The van der Waals surface area contributed by atoms with Crippen molar-refractivity contribution in [3.05, 3.63) is 53.6 Å². The molecule has 0 bridgehead atoms. The van der Waals surface area contributed by atoms with E-state index in [0.29, 0.717) is 26.1 Å². The fourth-order valence-corrected chi connectivity index (χ4v) is 4.53. The third kappa shape index (κ3) is 4.10. The van der Waals surface area contributed by atoms with Gasteiger partial charge in [0.2, 0.25) is 18.6 Å². The molecule has 2 aromatic carbocycles. The van der Waals surface area contributed by atoms with Crippen LogP contribution in [-0.4, -0.2) is 61.1 Å². The van der Waals surface area contributed by atoms with Gasteiger partial charge in [-0.2, -0.15) is 0 Å². The summed E-state index contributed by atoms with van der Waals surface area (Å²) in [5.74, 6) is 1.48. The first-order valence-electron chi connectivity index (χ1n) is 10.8. The summed E-state index contributed by atoms with van der Waals surface area (Å²) < 4.78 is 10.8. The molecule has 0 aromatic heterocycles. The lowest BCUT2D eigenvalue weighted by molar-refractivity contribution is -0.137. The Bertz CT molecular complexity index is 983. The van der Waals surface area contributed by atoms with Gasteiger partial charge >= 0.3 is 0 Å². The zero-order valence-corrected chi connectivity index (χ0v) is 17.8. The Morgan fingerprint density at radius 2 is 1.74 bits per heavy atom. The molecule has 31 heavy (non-hydrogen) atoms. The quantitative estimate of drug-likeness (QED) is 0.759. The number of hydrogen-bond donors (Lipinski definition) is 0. The Balaban J connectivity index is 1.15. The van der Waals surface area contributed by atoms with Crippen molar-refractivity contribution in [1.82, 2.24) is 9.80 Å². The lowest BCUT2D eigenvalue weighted by Crippen LogP contribution is -2.50. The lowest BCUT2D eigenvalue weighted by Gasteiger charge is -2.36. The van der Waals surface area contributed by atoms with Gasteiger partial charge in [-0.15, -0.1) is 0 Å². The van der Waals surface area contributed by atoms with Crippen molar-refractivity contribution in [3.8, 4) is 11.5 Å². The van der Waals surface area contributed by atoms with Gasteiger partial charge in [0.15, 0.2) is 11.5 Å². The maximum atomic E-state index is 13.1. The molecule has 5 rings (SSSR count). The van der Waals surface area contributed by atoms with Crippen molar-refractivity contribution in [2.45, 2.75) is 19.9 Å². The molecule has 0 N–H and O–H groups in total. The van der Waals surface area contributed by atoms with Crippen molar-refractivity contribution in [1.29, 1.82) is 0 Å². The first-order valence-corrected chi connectivity index (χ1v) is 10.8. The Hall–Kier alpha value is -3.06. The summed E-state index contributed by atoms with van der Waals surface area (Å²) in [6.45, 7) is 6.63. The third-order valence-electron chi connectivity index (χ3n) is 6.35. The highest BCUT2D eigenvalue weighted by Crippen LogP contribution is 2.33. The van der Waals surface area contributed by atoms with Gasteiger partial charge in [0.1, 0.15) is 0 Å². The molecule has 7 heteroatoms. The van der Waals surface area contributed by atoms with Crippen LogP contribution in [0.1, 0.15) is 17.5 Å². The molecule has 0 aliphatic carbocycles. The highest BCUT2D eigenvalue weighted by Gasteiger charge is 2.37. The topological polar surface area (TPSA) is 62.3 Å². The molecule has 162 valence electrons. The smallest absolute Gasteiger partial charge is 0.231 e. The molecule has 0 spiro atoms. The minimum absolute atomic E-state index is 0.0312. The van der Waals surface area contributed by atoms with E-state index in [-0.39, 0.29) is 24.5 Å². The minimum atomic E-state index is -0.255. The average Bonchev–Trinajstić information content (AvgIpc) is 3.40. The van der Waals surface area contributed by atoms with Crippen molar-refractivity contribution in [2.24, 2.45) is 5.92 Å². The Labute approximate surface area is 182 Å². The summed E-state index contributed by atoms with van der Waals surface area (Å²) in [7, 11) is 0. The van der Waals surface area contributed by atoms with Crippen LogP contribution < -0.4 is 14.4 Å². The molecular weight excluding hydrogens is 394 g/mol. The number of rotatable bonds is 4. The molecule has 7 nitrogen and oxygen atoms in total. The number of carbonyl (C=O) groups excluding carboxylic acids is 2. The SMILES string of the molecule is Cc1ccc(N2C[C@@H](C(=O)N3CCN(Cc4ccc5c(c4)OCO5)CC3)CC2=O)cc1. The van der Waals surface area contributed by atoms with Crippen LogP contribution in [0.25, 0.3) is 0 Å². The molecule has 3 aliphatic heterocycles. The van der Waals surface area contributed by atoms with Crippen LogP contribution in [-0.2, 0) is 16.1 Å². The monoisotopic (exact) mass is 421 g/mol. The van der Waals surface area contributed by atoms with Gasteiger partial charge in [0, 0.05) is 51.4 Å². The molecule has 2 saturated heterocycles. The van der Waals surface area contributed by atoms with Crippen molar-refractivity contribution in [3.63, 3.8) is 0 Å². The number of carbonyl (C=O) groups is 2. The summed E-state index contributed by atoms with van der Waals surface area (Å²) in [6, 6.07) is 13.9. The number of piperazine rings is 1. The Morgan fingerprint density at radius 1 is 1.00 bits per heavy atom. The minimum Gasteiger partial charge on any atom is -0.454 e. The van der Waals surface area contributed by atoms with Crippen LogP contribution in [0, 0.1) is 12.8 Å². The lowest BCUT2D eigenvalue weighted by atomic mass is 10.1. The summed E-state index contributed by atoms with van der Waals surface area (Å²) in [4.78, 5) is 31.6. The van der Waals surface area contributed by atoms with E-state index < -0.39 is 0 Å². The largest absolute Gasteiger partial charge is 0.454 e. The number of amides is 2. The van der Waals surface area contributed by atoms with Crippen LogP contribution in [0.15, 0.2) is 42.5 Å². The van der Waals surface area contributed by atoms with Gasteiger partial charge < -0.3 is 19.3 Å². The van der Waals surface area contributed by atoms with E-state index in [1.165, 1.54) is 5.56 Å². The first kappa shape index (κ1) is 19.9. The number of anilines is 1. The number of nitrogens with zero attached hydrogens (tertiary/aromatic N) is 3. The van der Waals surface area contributed by atoms with Gasteiger partial charge in [-0.25, -0.2) is 0 Å². The number of aryl methyl sites for hydroxylation is 1. The van der Waals surface area contributed by atoms with Crippen LogP contribution in [0.4, 0.5) is 5.69 Å². The van der Waals surface area contributed by atoms with E-state index in [4.69, 9.17) is 9.47 Å². The normalized spacial score (nSPS) is 21.1. The highest BCUT2D eigenvalue weighted by molar-refractivity contribution is 6.00. The molecule has 0 unspecified atom stereocenters. The molecule has 2 amide bonds. The molecule has 1 atom stereocenters. The van der Waals surface area contributed by atoms with E-state index in [2.05, 4.69) is 11.0 Å². The van der Waals surface area contributed by atoms with Crippen molar-refractivity contribution < 1.29 is 19.1 Å². The Kier molecular flexibility index (Phi) is 5.28. The summed E-state index contributed by atoms with van der Waals surface area (Å²) in [5, 5.41) is 0. The van der Waals surface area contributed by atoms with Crippen LogP contribution in [0.3, 0.4) is 0 Å². The average molecular weight is 421 g/mol. The fraction of sp³-hybridized carbons (Fsp3) is 0.417. The van der Waals surface area contributed by atoms with Gasteiger partial charge in [0.25, 0.3) is 0 Å². The molecule has 3 heterocycles. The van der Waals surface area contributed by atoms with E-state index in [1.54, 1.807) is 4.90 Å². The maximum absolute atomic E-state index is 13.1. The molecule has 2 fully saturated rings. The predicted octanol–water partition coefficient (Wildman–Crippen LogP) is 2.42. The van der Waals surface area contributed by atoms with E-state index in [9.17, 15) is 9.59 Å². The van der Waals surface area contributed by atoms with Crippen molar-refractivity contribution >= 4 is 17.5 Å². The van der Waals surface area contributed by atoms with Crippen LogP contribution in [0.5, 0.6) is 11.5 Å². The maximum Gasteiger partial charge on any atom is 0.231 e. The van der Waals surface area contributed by atoms with Gasteiger partial charge in [-0.3, -0.25) is 14.5 Å².